The van der Waals surface area contributed by atoms with Crippen LogP contribution in [0.5, 0.6) is 0 Å². The Morgan fingerprint density at radius 1 is 0.533 bits per heavy atom. The van der Waals surface area contributed by atoms with Crippen LogP contribution in [0.2, 0.25) is 0 Å². The van der Waals surface area contributed by atoms with Crippen LogP contribution in [-0.2, 0) is 9.59 Å². The number of rotatable bonds is 0. The Labute approximate surface area is 288 Å². The van der Waals surface area contributed by atoms with Crippen molar-refractivity contribution in [1.82, 2.24) is 0 Å². The van der Waals surface area contributed by atoms with Gasteiger partial charge in [0.1, 0.15) is 0 Å². The fraction of sp³-hybridized carbons (Fsp3) is 0.947. The van der Waals surface area contributed by atoms with Crippen LogP contribution in [0.15, 0.2) is 0 Å². The highest BCUT2D eigenvalue weighted by Gasteiger charge is 2.63. The lowest BCUT2D eigenvalue weighted by atomic mass is 9.45. The molecule has 0 aromatic heterocycles. The fourth-order valence-corrected chi connectivity index (χ4v) is 15.8. The summed E-state index contributed by atoms with van der Waals surface area (Å²) < 4.78 is 0. The maximum atomic E-state index is 12.7. The lowest BCUT2D eigenvalue weighted by Crippen LogP contribution is -2.54. The normalized spacial score (nSPS) is 56.6. The number of carbonyl (C=O) groups is 2. The van der Waals surface area contributed by atoms with E-state index in [4.69, 9.17) is 0 Å². The van der Waals surface area contributed by atoms with Gasteiger partial charge in [0.2, 0.25) is 0 Å². The second kappa shape index (κ2) is 12.2. The Bertz CT molecular complexity index is 1070. The van der Waals surface area contributed by atoms with Crippen LogP contribution >= 0.6 is 31.9 Å². The molecular formula is C38H60Br2O5. The Balaban J connectivity index is 0.000000155. The van der Waals surface area contributed by atoms with E-state index in [1.165, 1.54) is 51.4 Å². The summed E-state index contributed by atoms with van der Waals surface area (Å²) in [6, 6.07) is 0. The number of aliphatic hydroxyl groups is 2. The van der Waals surface area contributed by atoms with Crippen LogP contribution < -0.4 is 0 Å². The highest BCUT2D eigenvalue weighted by atomic mass is 79.9. The first-order valence-corrected chi connectivity index (χ1v) is 20.3. The van der Waals surface area contributed by atoms with Gasteiger partial charge in [-0.2, -0.15) is 0 Å². The average Bonchev–Trinajstić information content (AvgIpc) is 3.37. The fourth-order valence-electron chi connectivity index (χ4n) is 14.0. The average molecular weight is 757 g/mol. The minimum absolute atomic E-state index is 0. The zero-order chi connectivity index (χ0) is 31.4. The van der Waals surface area contributed by atoms with Crippen molar-refractivity contribution >= 4 is 43.4 Å². The first-order valence-electron chi connectivity index (χ1n) is 18.5. The summed E-state index contributed by atoms with van der Waals surface area (Å²) in [6.45, 7) is 9.50. The molecule has 7 heteroatoms. The van der Waals surface area contributed by atoms with Crippen LogP contribution in [0.1, 0.15) is 130 Å². The van der Waals surface area contributed by atoms with Gasteiger partial charge in [-0.3, -0.25) is 9.59 Å². The molecule has 8 saturated carbocycles. The number of fused-ring (bicyclic) bond motifs is 10. The molecule has 0 aliphatic heterocycles. The lowest BCUT2D eigenvalue weighted by Gasteiger charge is -2.60. The summed E-state index contributed by atoms with van der Waals surface area (Å²) in [5.41, 5.74) is 0.702. The zero-order valence-electron chi connectivity index (χ0n) is 28.2. The number of alkyl halides is 2. The van der Waals surface area contributed by atoms with Crippen LogP contribution in [-0.4, -0.2) is 49.1 Å². The summed E-state index contributed by atoms with van der Waals surface area (Å²) in [4.78, 5) is 25.5. The van der Waals surface area contributed by atoms with E-state index in [1.807, 2.05) is 0 Å². The SMILES string of the molecule is C[C@]12CC[C@@H](O)CC1CC[C@@H]1[C@@H]2CC[C@]2(C)C(=O)[C@H](Br)C[C@@H]12.C[C@]12CC[C@@H](O)CC1CC[C@@H]1[C@@H]2CC[C@]2(C)C(=O)[C@H](Br)C[C@@H]12.O. The number of hydrogen-bond acceptors (Lipinski definition) is 4. The van der Waals surface area contributed by atoms with Crippen molar-refractivity contribution in [1.29, 1.82) is 0 Å². The maximum Gasteiger partial charge on any atom is 0.152 e. The zero-order valence-corrected chi connectivity index (χ0v) is 31.4. The van der Waals surface area contributed by atoms with E-state index in [0.29, 0.717) is 46.1 Å². The van der Waals surface area contributed by atoms with Crippen molar-refractivity contribution < 1.29 is 25.3 Å². The van der Waals surface area contributed by atoms with Gasteiger partial charge in [0, 0.05) is 10.8 Å². The third kappa shape index (κ3) is 5.27. The Kier molecular flexibility index (Phi) is 9.49. The molecule has 8 rings (SSSR count). The van der Waals surface area contributed by atoms with Crippen molar-refractivity contribution in [3.8, 4) is 0 Å². The largest absolute Gasteiger partial charge is 0.412 e. The molecule has 0 aromatic rings. The number of carbonyl (C=O) groups excluding carboxylic acids is 2. The second-order valence-corrected chi connectivity index (χ2v) is 20.4. The van der Waals surface area contributed by atoms with Crippen LogP contribution in [0, 0.1) is 69.0 Å². The molecular weight excluding hydrogens is 696 g/mol. The molecule has 5 nitrogen and oxygen atoms in total. The monoisotopic (exact) mass is 754 g/mol. The van der Waals surface area contributed by atoms with Crippen molar-refractivity contribution in [2.75, 3.05) is 0 Å². The predicted octanol–water partition coefficient (Wildman–Crippen LogP) is 7.84. The number of halogens is 2. The number of Topliss-reactive ketones (excluding diaryl/α,β-unsaturated/α-hetero) is 2. The van der Waals surface area contributed by atoms with Crippen molar-refractivity contribution in [2.24, 2.45) is 69.0 Å². The molecule has 16 atom stereocenters. The summed E-state index contributed by atoms with van der Waals surface area (Å²) in [6.07, 6.45) is 18.1. The number of ketones is 2. The maximum absolute atomic E-state index is 12.7. The third-order valence-corrected chi connectivity index (χ3v) is 18.3. The lowest BCUT2D eigenvalue weighted by molar-refractivity contribution is -0.142. The highest BCUT2D eigenvalue weighted by molar-refractivity contribution is 9.10. The van der Waals surface area contributed by atoms with Gasteiger partial charge in [0.15, 0.2) is 11.6 Å². The first-order chi connectivity index (χ1) is 20.7. The second-order valence-electron chi connectivity index (χ2n) is 18.2. The molecule has 256 valence electrons. The molecule has 0 bridgehead atoms. The Morgan fingerprint density at radius 3 is 1.29 bits per heavy atom. The molecule has 4 N–H and O–H groups in total. The quantitative estimate of drug-likeness (QED) is 0.246. The van der Waals surface area contributed by atoms with Crippen LogP contribution in [0.3, 0.4) is 0 Å². The molecule has 2 unspecified atom stereocenters. The molecule has 8 aliphatic carbocycles. The Hall–Kier alpha value is 0.180. The molecule has 8 fully saturated rings. The molecule has 0 amide bonds. The van der Waals surface area contributed by atoms with E-state index in [0.717, 1.165) is 75.0 Å². The van der Waals surface area contributed by atoms with Gasteiger partial charge in [-0.25, -0.2) is 0 Å². The van der Waals surface area contributed by atoms with E-state index in [2.05, 4.69) is 59.6 Å². The van der Waals surface area contributed by atoms with Crippen LogP contribution in [0.25, 0.3) is 0 Å². The minimum Gasteiger partial charge on any atom is -0.412 e. The summed E-state index contributed by atoms with van der Waals surface area (Å²) in [5, 5.41) is 20.1. The smallest absolute Gasteiger partial charge is 0.152 e. The third-order valence-electron chi connectivity index (χ3n) is 16.7. The molecule has 0 spiro atoms. The van der Waals surface area contributed by atoms with Gasteiger partial charge in [-0.1, -0.05) is 59.6 Å². The van der Waals surface area contributed by atoms with Gasteiger partial charge in [-0.15, -0.1) is 0 Å². The molecule has 0 saturated heterocycles. The van der Waals surface area contributed by atoms with Crippen molar-refractivity contribution in [2.45, 2.75) is 152 Å². The molecule has 8 aliphatic rings. The van der Waals surface area contributed by atoms with E-state index in [-0.39, 0.29) is 38.2 Å². The van der Waals surface area contributed by atoms with Gasteiger partial charge in [-0.05, 0) is 161 Å². The predicted molar refractivity (Wildman–Crippen MR) is 185 cm³/mol. The van der Waals surface area contributed by atoms with E-state index >= 15 is 0 Å². The van der Waals surface area contributed by atoms with Gasteiger partial charge in [0.05, 0.1) is 21.9 Å². The van der Waals surface area contributed by atoms with Gasteiger partial charge in [0.25, 0.3) is 0 Å². The molecule has 0 aromatic carbocycles. The molecule has 0 heterocycles. The van der Waals surface area contributed by atoms with Gasteiger partial charge < -0.3 is 15.7 Å². The van der Waals surface area contributed by atoms with E-state index < -0.39 is 0 Å². The summed E-state index contributed by atoms with van der Waals surface area (Å²) >= 11 is 7.31. The summed E-state index contributed by atoms with van der Waals surface area (Å²) in [7, 11) is 0. The van der Waals surface area contributed by atoms with E-state index in [9.17, 15) is 19.8 Å². The summed E-state index contributed by atoms with van der Waals surface area (Å²) in [5.74, 6) is 6.58. The standard InChI is InChI=1S/2C19H29BrO2.H2O/c2*1-18-7-5-12(21)9-11(18)3-4-13-14(18)6-8-19(2)15(13)10-16(20)17(19)22;/h2*11-16,21H,3-10H2,1-2H3;1H2/t2*11?,12-,13-,14+,15+,16-,18+,19+;/m11./s1. The van der Waals surface area contributed by atoms with Crippen molar-refractivity contribution in [3.05, 3.63) is 0 Å². The topological polar surface area (TPSA) is 106 Å². The Morgan fingerprint density at radius 2 is 0.911 bits per heavy atom. The van der Waals surface area contributed by atoms with Gasteiger partial charge >= 0.3 is 0 Å². The molecule has 45 heavy (non-hydrogen) atoms. The van der Waals surface area contributed by atoms with Crippen molar-refractivity contribution in [3.63, 3.8) is 0 Å². The van der Waals surface area contributed by atoms with Crippen LogP contribution in [0.4, 0.5) is 0 Å². The molecule has 0 radical (unpaired) electrons. The first kappa shape index (κ1) is 35.0. The number of aliphatic hydroxyl groups excluding tert-OH is 2. The highest BCUT2D eigenvalue weighted by Crippen LogP contribution is 2.67. The van der Waals surface area contributed by atoms with E-state index in [1.54, 1.807) is 0 Å². The number of hydrogen-bond donors (Lipinski definition) is 2. The minimum atomic E-state index is -0.0662.